The van der Waals surface area contributed by atoms with Crippen molar-refractivity contribution in [3.8, 4) is 0 Å². The molecule has 0 aromatic carbocycles. The summed E-state index contributed by atoms with van der Waals surface area (Å²) in [6.07, 6.45) is 9.04. The summed E-state index contributed by atoms with van der Waals surface area (Å²) in [5.74, 6) is 0.581. The minimum atomic E-state index is -0.254. The molecule has 7 heteroatoms. The van der Waals surface area contributed by atoms with Gasteiger partial charge in [0.1, 0.15) is 11.2 Å². The fraction of sp³-hybridized carbons (Fsp3) is 0.714. The van der Waals surface area contributed by atoms with Gasteiger partial charge in [0, 0.05) is 19.5 Å². The molecule has 0 spiro atoms. The Kier molecular flexibility index (Phi) is 7.78. The molecule has 0 aliphatic heterocycles. The highest BCUT2D eigenvalue weighted by atomic mass is 16.1. The van der Waals surface area contributed by atoms with E-state index in [1.807, 2.05) is 20.8 Å². The van der Waals surface area contributed by atoms with Gasteiger partial charge in [-0.3, -0.25) is 14.2 Å². The second-order valence-electron chi connectivity index (χ2n) is 8.45. The lowest BCUT2D eigenvalue weighted by molar-refractivity contribution is -0.121. The molecule has 0 fully saturated rings. The fourth-order valence-electron chi connectivity index (χ4n) is 3.30. The van der Waals surface area contributed by atoms with Gasteiger partial charge in [0.25, 0.3) is 5.56 Å². The van der Waals surface area contributed by atoms with Gasteiger partial charge in [-0.05, 0) is 34.1 Å². The highest BCUT2D eigenvalue weighted by Crippen LogP contribution is 2.18. The molecule has 0 saturated heterocycles. The first-order valence-electron chi connectivity index (χ1n) is 10.5. The minimum Gasteiger partial charge on any atom is -0.356 e. The zero-order valence-electron chi connectivity index (χ0n) is 18.0. The smallest absolute Gasteiger partial charge is 0.264 e. The molecule has 2 aromatic heterocycles. The molecule has 2 rings (SSSR count). The van der Waals surface area contributed by atoms with Gasteiger partial charge in [-0.25, -0.2) is 9.67 Å². The van der Waals surface area contributed by atoms with Gasteiger partial charge in [-0.2, -0.15) is 5.10 Å². The van der Waals surface area contributed by atoms with Crippen molar-refractivity contribution in [3.05, 3.63) is 22.4 Å². The Balaban J connectivity index is 1.92. The molecule has 0 radical (unpaired) electrons. The van der Waals surface area contributed by atoms with Gasteiger partial charge in [-0.15, -0.1) is 0 Å². The van der Waals surface area contributed by atoms with Crippen LogP contribution in [0.15, 0.2) is 11.0 Å². The van der Waals surface area contributed by atoms with Gasteiger partial charge in [0.05, 0.1) is 11.7 Å². The normalized spacial score (nSPS) is 11.9. The van der Waals surface area contributed by atoms with Gasteiger partial charge < -0.3 is 5.32 Å². The van der Waals surface area contributed by atoms with Crippen molar-refractivity contribution in [2.24, 2.45) is 0 Å². The second kappa shape index (κ2) is 9.85. The Bertz CT molecular complexity index is 845. The number of hydrogen-bond acceptors (Lipinski definition) is 4. The van der Waals surface area contributed by atoms with Crippen molar-refractivity contribution in [2.75, 3.05) is 6.54 Å². The molecule has 1 N–H and O–H groups in total. The molecule has 1 amide bonds. The molecule has 0 aliphatic rings. The third-order valence-corrected chi connectivity index (χ3v) is 4.93. The van der Waals surface area contributed by atoms with Crippen LogP contribution in [0.2, 0.25) is 0 Å². The number of fused-ring (bicyclic) bond motifs is 1. The summed E-state index contributed by atoms with van der Waals surface area (Å²) in [7, 11) is 0. The fourth-order valence-corrected chi connectivity index (χ4v) is 3.30. The van der Waals surface area contributed by atoms with E-state index < -0.39 is 0 Å². The first-order chi connectivity index (χ1) is 13.3. The molecule has 0 bridgehead atoms. The Morgan fingerprint density at radius 1 is 1.14 bits per heavy atom. The van der Waals surface area contributed by atoms with Gasteiger partial charge >= 0.3 is 0 Å². The topological polar surface area (TPSA) is 81.8 Å². The monoisotopic (exact) mass is 389 g/mol. The van der Waals surface area contributed by atoms with Crippen LogP contribution in [0.3, 0.4) is 0 Å². The SMILES string of the molecule is CCCCCCCCNC(=O)CCn1c(C)nc2c(cnn2C(C)(C)C)c1=O. The van der Waals surface area contributed by atoms with Crippen LogP contribution in [-0.2, 0) is 16.9 Å². The van der Waals surface area contributed by atoms with Crippen LogP contribution in [0, 0.1) is 6.92 Å². The maximum atomic E-state index is 12.8. The first kappa shape index (κ1) is 22.1. The molecule has 0 aliphatic carbocycles. The van der Waals surface area contributed by atoms with Crippen LogP contribution in [-0.4, -0.2) is 31.8 Å². The maximum Gasteiger partial charge on any atom is 0.264 e. The van der Waals surface area contributed by atoms with Crippen LogP contribution in [0.25, 0.3) is 11.0 Å². The number of rotatable bonds is 10. The lowest BCUT2D eigenvalue weighted by Gasteiger charge is -2.20. The molecule has 2 heterocycles. The van der Waals surface area contributed by atoms with Gasteiger partial charge in [0.15, 0.2) is 5.65 Å². The van der Waals surface area contributed by atoms with Gasteiger partial charge in [-0.1, -0.05) is 39.0 Å². The largest absolute Gasteiger partial charge is 0.356 e. The Labute approximate surface area is 167 Å². The van der Waals surface area contributed by atoms with E-state index in [9.17, 15) is 9.59 Å². The van der Waals surface area contributed by atoms with E-state index in [0.29, 0.717) is 29.9 Å². The first-order valence-corrected chi connectivity index (χ1v) is 10.5. The third-order valence-electron chi connectivity index (χ3n) is 4.93. The molecular weight excluding hydrogens is 354 g/mol. The number of carbonyl (C=O) groups is 1. The predicted octanol–water partition coefficient (Wildman–Crippen LogP) is 3.52. The van der Waals surface area contributed by atoms with Crippen molar-refractivity contribution in [1.29, 1.82) is 0 Å². The van der Waals surface area contributed by atoms with Crippen molar-refractivity contribution in [2.45, 2.75) is 91.6 Å². The van der Waals surface area contributed by atoms with E-state index in [-0.39, 0.29) is 23.4 Å². The van der Waals surface area contributed by atoms with E-state index in [2.05, 4.69) is 22.3 Å². The molecule has 0 unspecified atom stereocenters. The summed E-state index contributed by atoms with van der Waals surface area (Å²) in [6.45, 7) is 11.1. The summed E-state index contributed by atoms with van der Waals surface area (Å²) in [6, 6.07) is 0. The molecule has 28 heavy (non-hydrogen) atoms. The molecule has 0 saturated carbocycles. The number of carbonyl (C=O) groups excluding carboxylic acids is 1. The molecule has 156 valence electrons. The van der Waals surface area contributed by atoms with Crippen LogP contribution in [0.1, 0.15) is 78.5 Å². The number of aryl methyl sites for hydroxylation is 1. The summed E-state index contributed by atoms with van der Waals surface area (Å²) in [5, 5.41) is 7.79. The molecule has 7 nitrogen and oxygen atoms in total. The molecule has 2 aromatic rings. The average molecular weight is 390 g/mol. The van der Waals surface area contributed by atoms with Crippen LogP contribution in [0.5, 0.6) is 0 Å². The van der Waals surface area contributed by atoms with Crippen LogP contribution >= 0.6 is 0 Å². The predicted molar refractivity (Wildman–Crippen MR) is 113 cm³/mol. The van der Waals surface area contributed by atoms with Crippen molar-refractivity contribution < 1.29 is 4.79 Å². The summed E-state index contributed by atoms with van der Waals surface area (Å²) >= 11 is 0. The van der Waals surface area contributed by atoms with E-state index in [0.717, 1.165) is 12.8 Å². The highest BCUT2D eigenvalue weighted by Gasteiger charge is 2.21. The maximum absolute atomic E-state index is 12.8. The van der Waals surface area contributed by atoms with Crippen molar-refractivity contribution in [1.82, 2.24) is 24.6 Å². The number of amides is 1. The summed E-state index contributed by atoms with van der Waals surface area (Å²) in [4.78, 5) is 29.5. The lowest BCUT2D eigenvalue weighted by Crippen LogP contribution is -2.30. The molecular formula is C21H35N5O2. The summed E-state index contributed by atoms with van der Waals surface area (Å²) in [5.41, 5.74) is 0.205. The Hall–Kier alpha value is -2.18. The van der Waals surface area contributed by atoms with E-state index in [4.69, 9.17) is 0 Å². The minimum absolute atomic E-state index is 0.0228. The van der Waals surface area contributed by atoms with Crippen LogP contribution in [0.4, 0.5) is 0 Å². The second-order valence-corrected chi connectivity index (χ2v) is 8.45. The highest BCUT2D eigenvalue weighted by molar-refractivity contribution is 5.76. The number of hydrogen-bond donors (Lipinski definition) is 1. The van der Waals surface area contributed by atoms with Crippen molar-refractivity contribution >= 4 is 16.9 Å². The van der Waals surface area contributed by atoms with E-state index in [1.165, 1.54) is 25.7 Å². The molecule has 0 atom stereocenters. The quantitative estimate of drug-likeness (QED) is 0.630. The van der Waals surface area contributed by atoms with E-state index in [1.54, 1.807) is 22.4 Å². The number of aromatic nitrogens is 4. The zero-order chi connectivity index (χ0) is 20.7. The third kappa shape index (κ3) is 5.66. The summed E-state index contributed by atoms with van der Waals surface area (Å²) < 4.78 is 3.34. The number of nitrogens with one attached hydrogen (secondary N) is 1. The number of nitrogens with zero attached hydrogens (tertiary/aromatic N) is 4. The van der Waals surface area contributed by atoms with E-state index >= 15 is 0 Å². The standard InChI is InChI=1S/C21H35N5O2/c1-6-7-8-9-10-11-13-22-18(27)12-14-25-16(2)24-19-17(20(25)28)15-23-26(19)21(3,4)5/h15H,6-14H2,1-5H3,(H,22,27). The Morgan fingerprint density at radius 2 is 1.82 bits per heavy atom. The lowest BCUT2D eigenvalue weighted by atomic mass is 10.1. The van der Waals surface area contributed by atoms with Crippen molar-refractivity contribution in [3.63, 3.8) is 0 Å². The average Bonchev–Trinajstić information content (AvgIpc) is 3.05. The number of unbranched alkanes of at least 4 members (excludes halogenated alkanes) is 5. The van der Waals surface area contributed by atoms with Crippen LogP contribution < -0.4 is 10.9 Å². The van der Waals surface area contributed by atoms with Gasteiger partial charge in [0.2, 0.25) is 5.91 Å². The Morgan fingerprint density at radius 3 is 2.50 bits per heavy atom. The zero-order valence-corrected chi connectivity index (χ0v) is 18.0.